The summed E-state index contributed by atoms with van der Waals surface area (Å²) in [5, 5.41) is 11.5. The Balaban J connectivity index is 2.08. The zero-order valence-corrected chi connectivity index (χ0v) is 11.6. The molecule has 2 rings (SSSR count). The molecule has 1 amide bonds. The van der Waals surface area contributed by atoms with Gasteiger partial charge in [0.25, 0.3) is 0 Å². The molecule has 0 heterocycles. The van der Waals surface area contributed by atoms with E-state index in [-0.39, 0.29) is 23.6 Å². The lowest BCUT2D eigenvalue weighted by atomic mass is 10.1. The largest absolute Gasteiger partial charge is 0.478 e. The normalized spacial score (nSPS) is 10.1. The number of rotatable bonds is 4. The second-order valence-corrected chi connectivity index (χ2v) is 4.82. The van der Waals surface area contributed by atoms with E-state index in [0.717, 1.165) is 11.1 Å². The summed E-state index contributed by atoms with van der Waals surface area (Å²) in [4.78, 5) is 22.8. The van der Waals surface area contributed by atoms with Crippen molar-refractivity contribution in [3.63, 3.8) is 0 Å². The Hall–Kier alpha value is -2.82. The fraction of sp³-hybridized carbons (Fsp3) is 0.125. The summed E-state index contributed by atoms with van der Waals surface area (Å²) in [5.74, 6) is -1.25. The van der Waals surface area contributed by atoms with E-state index in [2.05, 4.69) is 5.32 Å². The highest BCUT2D eigenvalue weighted by molar-refractivity contribution is 5.97. The molecule has 0 aliphatic rings. The Labute approximate surface area is 122 Å². The first-order chi connectivity index (χ1) is 9.95. The van der Waals surface area contributed by atoms with Crippen LogP contribution >= 0.6 is 0 Å². The first-order valence-corrected chi connectivity index (χ1v) is 6.44. The summed E-state index contributed by atoms with van der Waals surface area (Å²) in [5.41, 5.74) is 8.48. The van der Waals surface area contributed by atoms with E-state index in [1.807, 2.05) is 31.2 Å². The number of carboxylic acids is 1. The van der Waals surface area contributed by atoms with Crippen LogP contribution in [0.1, 0.15) is 21.5 Å². The van der Waals surface area contributed by atoms with Crippen molar-refractivity contribution in [1.82, 2.24) is 0 Å². The molecule has 5 nitrogen and oxygen atoms in total. The standard InChI is InChI=1S/C16H16N2O3/c1-10-3-2-4-11(7-10)8-15(19)18-14-6-5-12(16(20)21)9-13(14)17/h2-7,9H,8,17H2,1H3,(H,18,19)(H,20,21). The van der Waals surface area contributed by atoms with E-state index in [1.54, 1.807) is 0 Å². The Bertz CT molecular complexity index is 696. The van der Waals surface area contributed by atoms with Gasteiger partial charge in [0.15, 0.2) is 0 Å². The molecule has 2 aromatic carbocycles. The van der Waals surface area contributed by atoms with Crippen molar-refractivity contribution in [3.8, 4) is 0 Å². The molecule has 108 valence electrons. The summed E-state index contributed by atoms with van der Waals surface area (Å²) < 4.78 is 0. The molecule has 0 unspecified atom stereocenters. The SMILES string of the molecule is Cc1cccc(CC(=O)Nc2ccc(C(=O)O)cc2N)c1. The van der Waals surface area contributed by atoms with Gasteiger partial charge in [0, 0.05) is 0 Å². The van der Waals surface area contributed by atoms with Crippen molar-refractivity contribution in [3.05, 3.63) is 59.2 Å². The van der Waals surface area contributed by atoms with Gasteiger partial charge in [-0.1, -0.05) is 29.8 Å². The summed E-state index contributed by atoms with van der Waals surface area (Å²) in [6.07, 6.45) is 0.238. The van der Waals surface area contributed by atoms with Crippen molar-refractivity contribution in [2.45, 2.75) is 13.3 Å². The van der Waals surface area contributed by atoms with Crippen LogP contribution in [-0.4, -0.2) is 17.0 Å². The Morgan fingerprint density at radius 3 is 2.57 bits per heavy atom. The van der Waals surface area contributed by atoms with Crippen LogP contribution in [0.5, 0.6) is 0 Å². The van der Waals surface area contributed by atoms with Gasteiger partial charge >= 0.3 is 5.97 Å². The molecular weight excluding hydrogens is 268 g/mol. The number of carbonyl (C=O) groups excluding carboxylic acids is 1. The highest BCUT2D eigenvalue weighted by atomic mass is 16.4. The van der Waals surface area contributed by atoms with Crippen LogP contribution in [0.4, 0.5) is 11.4 Å². The fourth-order valence-electron chi connectivity index (χ4n) is 2.01. The van der Waals surface area contributed by atoms with Crippen LogP contribution in [0.15, 0.2) is 42.5 Å². The number of amides is 1. The highest BCUT2D eigenvalue weighted by Crippen LogP contribution is 2.20. The first-order valence-electron chi connectivity index (χ1n) is 6.44. The lowest BCUT2D eigenvalue weighted by Crippen LogP contribution is -2.15. The fourth-order valence-corrected chi connectivity index (χ4v) is 2.01. The zero-order valence-electron chi connectivity index (χ0n) is 11.6. The van der Waals surface area contributed by atoms with Gasteiger partial charge in [-0.05, 0) is 30.7 Å². The van der Waals surface area contributed by atoms with Gasteiger partial charge < -0.3 is 16.2 Å². The average Bonchev–Trinajstić information content (AvgIpc) is 2.40. The summed E-state index contributed by atoms with van der Waals surface area (Å²) >= 11 is 0. The van der Waals surface area contributed by atoms with Crippen LogP contribution in [0.25, 0.3) is 0 Å². The zero-order chi connectivity index (χ0) is 15.4. The first kappa shape index (κ1) is 14.6. The van der Waals surface area contributed by atoms with E-state index in [4.69, 9.17) is 10.8 Å². The monoisotopic (exact) mass is 284 g/mol. The maximum Gasteiger partial charge on any atom is 0.335 e. The number of nitrogens with two attached hydrogens (primary N) is 1. The third-order valence-corrected chi connectivity index (χ3v) is 3.02. The predicted molar refractivity (Wildman–Crippen MR) is 81.3 cm³/mol. The third kappa shape index (κ3) is 3.82. The van der Waals surface area contributed by atoms with Gasteiger partial charge in [-0.15, -0.1) is 0 Å². The van der Waals surface area contributed by atoms with Gasteiger partial charge in [0.1, 0.15) is 0 Å². The molecule has 0 radical (unpaired) electrons. The molecule has 0 atom stereocenters. The number of aromatic carboxylic acids is 1. The molecular formula is C16H16N2O3. The van der Waals surface area contributed by atoms with Crippen LogP contribution in [0.3, 0.4) is 0 Å². The van der Waals surface area contributed by atoms with Crippen molar-refractivity contribution in [2.24, 2.45) is 0 Å². The molecule has 0 aliphatic carbocycles. The van der Waals surface area contributed by atoms with E-state index < -0.39 is 5.97 Å². The van der Waals surface area contributed by atoms with E-state index in [9.17, 15) is 9.59 Å². The van der Waals surface area contributed by atoms with Gasteiger partial charge in [0.05, 0.1) is 23.4 Å². The molecule has 0 aromatic heterocycles. The topological polar surface area (TPSA) is 92.4 Å². The molecule has 5 heteroatoms. The second-order valence-electron chi connectivity index (χ2n) is 4.82. The lowest BCUT2D eigenvalue weighted by Gasteiger charge is -2.09. The number of benzene rings is 2. The maximum absolute atomic E-state index is 12.0. The van der Waals surface area contributed by atoms with Gasteiger partial charge in [-0.2, -0.15) is 0 Å². The van der Waals surface area contributed by atoms with Gasteiger partial charge in [-0.3, -0.25) is 4.79 Å². The van der Waals surface area contributed by atoms with Crippen molar-refractivity contribution >= 4 is 23.3 Å². The summed E-state index contributed by atoms with van der Waals surface area (Å²) in [6, 6.07) is 11.9. The smallest absolute Gasteiger partial charge is 0.335 e. The number of aryl methyl sites for hydroxylation is 1. The minimum absolute atomic E-state index is 0.0872. The minimum Gasteiger partial charge on any atom is -0.478 e. The van der Waals surface area contributed by atoms with Gasteiger partial charge in [-0.25, -0.2) is 4.79 Å². The quantitative estimate of drug-likeness (QED) is 0.752. The third-order valence-electron chi connectivity index (χ3n) is 3.02. The minimum atomic E-state index is -1.06. The molecule has 0 aliphatic heterocycles. The predicted octanol–water partition coefficient (Wildman–Crippen LogP) is 2.46. The van der Waals surface area contributed by atoms with Gasteiger partial charge in [0.2, 0.25) is 5.91 Å². The Morgan fingerprint density at radius 2 is 1.95 bits per heavy atom. The van der Waals surface area contributed by atoms with Crippen LogP contribution in [0.2, 0.25) is 0 Å². The summed E-state index contributed by atoms with van der Waals surface area (Å²) in [6.45, 7) is 1.96. The lowest BCUT2D eigenvalue weighted by molar-refractivity contribution is -0.115. The van der Waals surface area contributed by atoms with E-state index >= 15 is 0 Å². The number of hydrogen-bond acceptors (Lipinski definition) is 3. The Morgan fingerprint density at radius 1 is 1.19 bits per heavy atom. The van der Waals surface area contributed by atoms with Crippen LogP contribution < -0.4 is 11.1 Å². The molecule has 0 saturated heterocycles. The second kappa shape index (κ2) is 6.09. The van der Waals surface area contributed by atoms with Crippen molar-refractivity contribution in [1.29, 1.82) is 0 Å². The van der Waals surface area contributed by atoms with Crippen LogP contribution in [-0.2, 0) is 11.2 Å². The number of hydrogen-bond donors (Lipinski definition) is 3. The van der Waals surface area contributed by atoms with E-state index in [0.29, 0.717) is 5.69 Å². The molecule has 0 bridgehead atoms. The molecule has 0 fully saturated rings. The number of anilines is 2. The maximum atomic E-state index is 12.0. The number of nitrogens with one attached hydrogen (secondary N) is 1. The average molecular weight is 284 g/mol. The molecule has 2 aromatic rings. The molecule has 0 spiro atoms. The summed E-state index contributed by atoms with van der Waals surface area (Å²) in [7, 11) is 0. The van der Waals surface area contributed by atoms with Crippen molar-refractivity contribution < 1.29 is 14.7 Å². The number of nitrogen functional groups attached to an aromatic ring is 1. The Kier molecular flexibility index (Phi) is 4.23. The molecule has 4 N–H and O–H groups in total. The van der Waals surface area contributed by atoms with E-state index in [1.165, 1.54) is 18.2 Å². The van der Waals surface area contributed by atoms with Crippen molar-refractivity contribution in [2.75, 3.05) is 11.1 Å². The molecule has 0 saturated carbocycles. The number of carbonyl (C=O) groups is 2. The molecule has 21 heavy (non-hydrogen) atoms. The highest BCUT2D eigenvalue weighted by Gasteiger charge is 2.09. The number of carboxylic acid groups (broad SMARTS) is 1. The van der Waals surface area contributed by atoms with Crippen LogP contribution in [0, 0.1) is 6.92 Å².